The first-order chi connectivity index (χ1) is 11.4. The third-order valence-corrected chi connectivity index (χ3v) is 9.07. The Morgan fingerprint density at radius 2 is 1.92 bits per heavy atom. The van der Waals surface area contributed by atoms with Gasteiger partial charge in [0, 0.05) is 24.1 Å². The molecule has 1 saturated heterocycles. The second kappa shape index (κ2) is 4.66. The molecule has 132 valence electrons. The molecule has 0 amide bonds. The molecule has 5 rings (SSSR count). The number of piperidine rings is 1. The molecule has 0 radical (unpaired) electrons. The maximum Gasteiger partial charge on any atom is 0.103 e. The predicted octanol–water partition coefficient (Wildman–Crippen LogP) is 3.98. The van der Waals surface area contributed by atoms with E-state index < -0.39 is 5.60 Å². The lowest BCUT2D eigenvalue weighted by molar-refractivity contribution is -0.114. The zero-order valence-corrected chi connectivity index (χ0v) is 15.5. The quantitative estimate of drug-likeness (QED) is 0.730. The summed E-state index contributed by atoms with van der Waals surface area (Å²) in [5.41, 5.74) is 1.60. The molecule has 24 heavy (non-hydrogen) atoms. The SMILES string of the molecule is C[C@]1(O)CC[C@H]2[C@H]3CC=C4N5CCN=C5CC[C@@]4(C)[C@@H]3CC[C@@]21C. The van der Waals surface area contributed by atoms with Gasteiger partial charge in [-0.05, 0) is 68.6 Å². The van der Waals surface area contributed by atoms with Crippen LogP contribution in [0.4, 0.5) is 0 Å². The minimum Gasteiger partial charge on any atom is -0.390 e. The van der Waals surface area contributed by atoms with Gasteiger partial charge >= 0.3 is 0 Å². The van der Waals surface area contributed by atoms with Crippen molar-refractivity contribution in [2.24, 2.45) is 33.6 Å². The van der Waals surface area contributed by atoms with E-state index in [1.807, 2.05) is 0 Å². The zero-order valence-electron chi connectivity index (χ0n) is 15.5. The Balaban J connectivity index is 1.53. The van der Waals surface area contributed by atoms with Crippen molar-refractivity contribution in [3.05, 3.63) is 11.8 Å². The van der Waals surface area contributed by atoms with Gasteiger partial charge < -0.3 is 10.0 Å². The third-order valence-electron chi connectivity index (χ3n) is 9.07. The van der Waals surface area contributed by atoms with E-state index in [0.717, 1.165) is 37.8 Å². The number of rotatable bonds is 0. The summed E-state index contributed by atoms with van der Waals surface area (Å²) in [5, 5.41) is 11.0. The number of fused-ring (bicyclic) bond motifs is 7. The first-order valence-electron chi connectivity index (χ1n) is 10.1. The molecule has 0 unspecified atom stereocenters. The van der Waals surface area contributed by atoms with Crippen molar-refractivity contribution in [1.29, 1.82) is 0 Å². The van der Waals surface area contributed by atoms with E-state index in [2.05, 4.69) is 31.7 Å². The Hall–Kier alpha value is -0.830. The number of nitrogens with zero attached hydrogens (tertiary/aromatic N) is 2. The van der Waals surface area contributed by atoms with Gasteiger partial charge in [0.2, 0.25) is 0 Å². The van der Waals surface area contributed by atoms with E-state index in [9.17, 15) is 5.11 Å². The molecule has 3 aliphatic carbocycles. The standard InChI is InChI=1S/C21H32N2O/c1-19-9-8-18-22-12-13-23(18)17(19)5-4-14-15(19)6-10-20(2)16(14)7-11-21(20,3)24/h5,14-16,24H,4,6-13H2,1-3H3/t14-,15+,16-,19-,20-,21-/m0/s1. The molecular formula is C21H32N2O. The molecule has 0 aromatic rings. The van der Waals surface area contributed by atoms with Gasteiger partial charge in [-0.2, -0.15) is 0 Å². The normalized spacial score (nSPS) is 52.8. The van der Waals surface area contributed by atoms with Gasteiger partial charge in [-0.1, -0.05) is 19.9 Å². The minimum absolute atomic E-state index is 0.130. The van der Waals surface area contributed by atoms with Crippen molar-refractivity contribution in [3.8, 4) is 0 Å². The number of aliphatic imine (C=N–C) groups is 1. The smallest absolute Gasteiger partial charge is 0.103 e. The Kier molecular flexibility index (Phi) is 3.00. The number of allylic oxidation sites excluding steroid dienone is 2. The van der Waals surface area contributed by atoms with Crippen molar-refractivity contribution in [1.82, 2.24) is 4.90 Å². The van der Waals surface area contributed by atoms with Crippen molar-refractivity contribution in [3.63, 3.8) is 0 Å². The summed E-state index contributed by atoms with van der Waals surface area (Å²) in [5.74, 6) is 3.62. The number of hydrogen-bond donors (Lipinski definition) is 1. The zero-order chi connectivity index (χ0) is 16.7. The van der Waals surface area contributed by atoms with Crippen LogP contribution in [0.3, 0.4) is 0 Å². The average Bonchev–Trinajstić information content (AvgIpc) is 3.10. The third kappa shape index (κ3) is 1.70. The van der Waals surface area contributed by atoms with E-state index in [1.165, 1.54) is 37.9 Å². The highest BCUT2D eigenvalue weighted by Gasteiger charge is 2.62. The van der Waals surface area contributed by atoms with Gasteiger partial charge in [0.25, 0.3) is 0 Å². The van der Waals surface area contributed by atoms with E-state index >= 15 is 0 Å². The monoisotopic (exact) mass is 328 g/mol. The summed E-state index contributed by atoms with van der Waals surface area (Å²) in [6, 6.07) is 0. The minimum atomic E-state index is -0.463. The van der Waals surface area contributed by atoms with Crippen LogP contribution < -0.4 is 0 Å². The molecule has 1 N–H and O–H groups in total. The van der Waals surface area contributed by atoms with Crippen LogP contribution in [0.25, 0.3) is 0 Å². The van der Waals surface area contributed by atoms with Gasteiger partial charge in [-0.25, -0.2) is 0 Å². The molecule has 2 aliphatic heterocycles. The second-order valence-corrected chi connectivity index (χ2v) is 9.84. The Bertz CT molecular complexity index is 636. The Labute approximate surface area is 146 Å². The topological polar surface area (TPSA) is 35.8 Å². The average molecular weight is 329 g/mol. The molecule has 3 heteroatoms. The first kappa shape index (κ1) is 15.4. The molecule has 2 heterocycles. The van der Waals surface area contributed by atoms with Crippen molar-refractivity contribution >= 4 is 5.84 Å². The van der Waals surface area contributed by atoms with Crippen LogP contribution in [-0.2, 0) is 0 Å². The second-order valence-electron chi connectivity index (χ2n) is 9.84. The number of amidine groups is 1. The van der Waals surface area contributed by atoms with Crippen molar-refractivity contribution in [2.45, 2.75) is 71.3 Å². The molecular weight excluding hydrogens is 296 g/mol. The molecule has 5 aliphatic rings. The number of hydrogen-bond acceptors (Lipinski definition) is 3. The summed E-state index contributed by atoms with van der Waals surface area (Å²) in [6.07, 6.45) is 10.9. The Morgan fingerprint density at radius 1 is 1.12 bits per heavy atom. The first-order valence-corrected chi connectivity index (χ1v) is 10.1. The van der Waals surface area contributed by atoms with E-state index in [0.29, 0.717) is 11.3 Å². The molecule has 0 bridgehead atoms. The fourth-order valence-electron chi connectivity index (χ4n) is 7.39. The fourth-order valence-corrected chi connectivity index (χ4v) is 7.39. The lowest BCUT2D eigenvalue weighted by atomic mass is 9.48. The molecule has 0 spiro atoms. The largest absolute Gasteiger partial charge is 0.390 e. The summed E-state index contributed by atoms with van der Waals surface area (Å²) in [6.45, 7) is 9.12. The van der Waals surface area contributed by atoms with E-state index in [-0.39, 0.29) is 5.41 Å². The molecule has 0 aromatic heterocycles. The van der Waals surface area contributed by atoms with Gasteiger partial charge in [-0.15, -0.1) is 0 Å². The maximum atomic E-state index is 11.0. The van der Waals surface area contributed by atoms with Crippen LogP contribution in [-0.4, -0.2) is 34.5 Å². The summed E-state index contributed by atoms with van der Waals surface area (Å²) in [7, 11) is 0. The molecule has 6 atom stereocenters. The van der Waals surface area contributed by atoms with Crippen LogP contribution in [0.15, 0.2) is 16.8 Å². The fraction of sp³-hybridized carbons (Fsp3) is 0.857. The van der Waals surface area contributed by atoms with Crippen molar-refractivity contribution < 1.29 is 5.11 Å². The van der Waals surface area contributed by atoms with Gasteiger partial charge in [0.05, 0.1) is 12.1 Å². The predicted molar refractivity (Wildman–Crippen MR) is 96.7 cm³/mol. The summed E-state index contributed by atoms with van der Waals surface area (Å²) in [4.78, 5) is 7.29. The van der Waals surface area contributed by atoms with Gasteiger partial charge in [0.15, 0.2) is 0 Å². The van der Waals surface area contributed by atoms with Crippen LogP contribution >= 0.6 is 0 Å². The maximum absolute atomic E-state index is 11.0. The molecule has 2 saturated carbocycles. The van der Waals surface area contributed by atoms with E-state index in [4.69, 9.17) is 4.99 Å². The lowest BCUT2D eigenvalue weighted by Gasteiger charge is -2.59. The number of aliphatic hydroxyl groups is 1. The van der Waals surface area contributed by atoms with Crippen LogP contribution in [0, 0.1) is 28.6 Å². The van der Waals surface area contributed by atoms with Crippen molar-refractivity contribution in [2.75, 3.05) is 13.1 Å². The highest BCUT2D eigenvalue weighted by atomic mass is 16.3. The highest BCUT2D eigenvalue weighted by molar-refractivity contribution is 5.87. The molecule has 3 fully saturated rings. The summed E-state index contributed by atoms with van der Waals surface area (Å²) < 4.78 is 0. The van der Waals surface area contributed by atoms with Crippen LogP contribution in [0.5, 0.6) is 0 Å². The van der Waals surface area contributed by atoms with Crippen LogP contribution in [0.2, 0.25) is 0 Å². The summed E-state index contributed by atoms with van der Waals surface area (Å²) >= 11 is 0. The van der Waals surface area contributed by atoms with Gasteiger partial charge in [0.1, 0.15) is 5.84 Å². The molecule has 3 nitrogen and oxygen atoms in total. The van der Waals surface area contributed by atoms with Gasteiger partial charge in [-0.3, -0.25) is 4.99 Å². The van der Waals surface area contributed by atoms with Crippen LogP contribution in [0.1, 0.15) is 65.7 Å². The Morgan fingerprint density at radius 3 is 2.75 bits per heavy atom. The molecule has 0 aromatic carbocycles. The lowest BCUT2D eigenvalue weighted by Crippen LogP contribution is -2.55. The van der Waals surface area contributed by atoms with E-state index in [1.54, 1.807) is 5.70 Å². The highest BCUT2D eigenvalue weighted by Crippen LogP contribution is 2.66.